The van der Waals surface area contributed by atoms with E-state index in [-0.39, 0.29) is 13.2 Å². The highest BCUT2D eigenvalue weighted by atomic mass is 79.9. The smallest absolute Gasteiger partial charge is 0.332 e. The molecule has 2 saturated heterocycles. The van der Waals surface area contributed by atoms with E-state index < -0.39 is 41.3 Å². The largest absolute Gasteiger partial charge is 0.493 e. The minimum atomic E-state index is -1.41. The van der Waals surface area contributed by atoms with E-state index in [1.54, 1.807) is 43.0 Å². The maximum Gasteiger partial charge on any atom is 0.332 e. The van der Waals surface area contributed by atoms with Crippen LogP contribution in [0.5, 0.6) is 5.75 Å². The van der Waals surface area contributed by atoms with Gasteiger partial charge in [0.15, 0.2) is 0 Å². The van der Waals surface area contributed by atoms with Crippen molar-refractivity contribution in [3.8, 4) is 5.75 Å². The summed E-state index contributed by atoms with van der Waals surface area (Å²) in [6.45, 7) is 3.75. The van der Waals surface area contributed by atoms with Crippen LogP contribution in [0.15, 0.2) is 46.9 Å². The zero-order valence-electron chi connectivity index (χ0n) is 17.4. The maximum atomic E-state index is 13.8. The number of ether oxygens (including phenoxy) is 2. The Labute approximate surface area is 198 Å². The summed E-state index contributed by atoms with van der Waals surface area (Å²) in [7, 11) is 0. The maximum absolute atomic E-state index is 13.8. The van der Waals surface area contributed by atoms with Crippen molar-refractivity contribution in [2.75, 3.05) is 18.1 Å². The van der Waals surface area contributed by atoms with Crippen molar-refractivity contribution in [2.24, 2.45) is 11.8 Å². The van der Waals surface area contributed by atoms with Gasteiger partial charge in [-0.2, -0.15) is 0 Å². The highest BCUT2D eigenvalue weighted by Crippen LogP contribution is 2.58. The summed E-state index contributed by atoms with van der Waals surface area (Å²) < 4.78 is 12.1. The monoisotopic (exact) mass is 518 g/mol. The van der Waals surface area contributed by atoms with E-state index in [0.29, 0.717) is 16.5 Å². The van der Waals surface area contributed by atoms with Crippen molar-refractivity contribution >= 4 is 51.1 Å². The third-order valence-electron chi connectivity index (χ3n) is 6.60. The molecule has 9 heteroatoms. The normalized spacial score (nSPS) is 28.2. The highest BCUT2D eigenvalue weighted by molar-refractivity contribution is 9.10. The number of anilines is 1. The van der Waals surface area contributed by atoms with Gasteiger partial charge in [-0.25, -0.2) is 9.69 Å². The molecule has 3 heterocycles. The van der Waals surface area contributed by atoms with Crippen molar-refractivity contribution in [2.45, 2.75) is 25.4 Å². The summed E-state index contributed by atoms with van der Waals surface area (Å²) in [6, 6.07) is 11.0. The summed E-state index contributed by atoms with van der Waals surface area (Å²) in [5.74, 6) is -1.62. The number of urea groups is 1. The molecule has 0 bridgehead atoms. The van der Waals surface area contributed by atoms with Gasteiger partial charge >= 0.3 is 12.0 Å². The lowest BCUT2D eigenvalue weighted by Crippen LogP contribution is -2.51. The van der Waals surface area contributed by atoms with Gasteiger partial charge in [0.05, 0.1) is 30.9 Å². The van der Waals surface area contributed by atoms with E-state index in [9.17, 15) is 14.4 Å². The second-order valence-electron chi connectivity index (χ2n) is 8.25. The van der Waals surface area contributed by atoms with Crippen LogP contribution in [0.4, 0.5) is 10.5 Å². The third-order valence-corrected chi connectivity index (χ3v) is 7.34. The minimum Gasteiger partial charge on any atom is -0.493 e. The van der Waals surface area contributed by atoms with Crippen LogP contribution in [-0.4, -0.2) is 41.6 Å². The molecule has 3 unspecified atom stereocenters. The summed E-state index contributed by atoms with van der Waals surface area (Å²) in [6.07, 6.45) is 0. The molecule has 2 aromatic carbocycles. The Kier molecular flexibility index (Phi) is 4.98. The first-order valence-electron chi connectivity index (χ1n) is 10.3. The molecule has 4 atom stereocenters. The summed E-state index contributed by atoms with van der Waals surface area (Å²) in [5.41, 5.74) is -0.251. The van der Waals surface area contributed by atoms with Crippen LogP contribution in [-0.2, 0) is 14.3 Å². The minimum absolute atomic E-state index is 0.175. The quantitative estimate of drug-likeness (QED) is 0.439. The second kappa shape index (κ2) is 7.49. The molecule has 0 radical (unpaired) electrons. The molecule has 0 saturated carbocycles. The lowest BCUT2D eigenvalue weighted by atomic mass is 9.77. The molecule has 166 valence electrons. The fourth-order valence-corrected chi connectivity index (χ4v) is 5.79. The van der Waals surface area contributed by atoms with Crippen LogP contribution < -0.4 is 9.64 Å². The fourth-order valence-electron chi connectivity index (χ4n) is 5.28. The van der Waals surface area contributed by atoms with Gasteiger partial charge in [-0.1, -0.05) is 27.5 Å². The first-order chi connectivity index (χ1) is 15.3. The fraction of sp³-hybridized carbons (Fsp3) is 0.348. The van der Waals surface area contributed by atoms with Crippen molar-refractivity contribution in [3.05, 3.63) is 57.5 Å². The molecule has 2 fully saturated rings. The Hall–Kier alpha value is -2.58. The zero-order valence-corrected chi connectivity index (χ0v) is 19.7. The number of carbonyl (C=O) groups excluding carboxylic acids is 3. The summed E-state index contributed by atoms with van der Waals surface area (Å²) >= 11 is 9.48. The molecule has 0 spiro atoms. The van der Waals surface area contributed by atoms with Crippen molar-refractivity contribution in [1.29, 1.82) is 0 Å². The highest BCUT2D eigenvalue weighted by Gasteiger charge is 2.72. The molecule has 2 aromatic rings. The van der Waals surface area contributed by atoms with Crippen LogP contribution >= 0.6 is 27.5 Å². The predicted molar refractivity (Wildman–Crippen MR) is 121 cm³/mol. The molecule has 0 aromatic heterocycles. The number of carbonyl (C=O) groups is 3. The number of hydrogen-bond acceptors (Lipinski definition) is 5. The first kappa shape index (κ1) is 21.3. The Balaban J connectivity index is 1.69. The number of amides is 3. The molecule has 3 aliphatic heterocycles. The number of nitrogens with zero attached hydrogens (tertiary/aromatic N) is 2. The third kappa shape index (κ3) is 2.82. The Morgan fingerprint density at radius 1 is 1.25 bits per heavy atom. The van der Waals surface area contributed by atoms with Gasteiger partial charge in [-0.15, -0.1) is 0 Å². The molecule has 3 aliphatic rings. The van der Waals surface area contributed by atoms with Gasteiger partial charge in [0.2, 0.25) is 0 Å². The summed E-state index contributed by atoms with van der Waals surface area (Å²) in [4.78, 5) is 43.4. The lowest BCUT2D eigenvalue weighted by molar-refractivity contribution is -0.154. The SMILES string of the molecule is CCOC(=O)C1C2COc3ccc(Br)cc3C2N2C(=O)N(c3ccc(Cl)cc3)C(=O)[C@@]12C. The average Bonchev–Trinajstić information content (AvgIpc) is 3.14. The second-order valence-corrected chi connectivity index (χ2v) is 9.60. The van der Waals surface area contributed by atoms with Crippen molar-refractivity contribution in [3.63, 3.8) is 0 Å². The van der Waals surface area contributed by atoms with E-state index in [1.165, 1.54) is 0 Å². The number of hydrogen-bond donors (Lipinski definition) is 0. The Morgan fingerprint density at radius 2 is 1.97 bits per heavy atom. The van der Waals surface area contributed by atoms with Gasteiger partial charge in [0.25, 0.3) is 5.91 Å². The molecular weight excluding hydrogens is 500 g/mol. The number of fused-ring (bicyclic) bond motifs is 5. The predicted octanol–water partition coefficient (Wildman–Crippen LogP) is 4.57. The van der Waals surface area contributed by atoms with Gasteiger partial charge in [0, 0.05) is 21.0 Å². The van der Waals surface area contributed by atoms with Crippen LogP contribution in [0.2, 0.25) is 5.02 Å². The number of imide groups is 1. The number of halogens is 2. The zero-order chi connectivity index (χ0) is 22.8. The van der Waals surface area contributed by atoms with Crippen molar-refractivity contribution < 1.29 is 23.9 Å². The van der Waals surface area contributed by atoms with Crippen LogP contribution in [0.25, 0.3) is 0 Å². The van der Waals surface area contributed by atoms with E-state index in [2.05, 4.69) is 15.9 Å². The van der Waals surface area contributed by atoms with Gasteiger partial charge in [-0.3, -0.25) is 9.59 Å². The van der Waals surface area contributed by atoms with Gasteiger partial charge in [0.1, 0.15) is 11.3 Å². The molecule has 32 heavy (non-hydrogen) atoms. The Bertz CT molecular complexity index is 1140. The molecule has 7 nitrogen and oxygen atoms in total. The number of esters is 1. The van der Waals surface area contributed by atoms with Crippen LogP contribution in [0, 0.1) is 11.8 Å². The molecule has 0 N–H and O–H groups in total. The van der Waals surface area contributed by atoms with Gasteiger partial charge < -0.3 is 14.4 Å². The van der Waals surface area contributed by atoms with E-state index in [1.807, 2.05) is 18.2 Å². The molecule has 0 aliphatic carbocycles. The van der Waals surface area contributed by atoms with E-state index in [4.69, 9.17) is 21.1 Å². The molecule has 3 amide bonds. The molecular formula is C23H20BrClN2O5. The van der Waals surface area contributed by atoms with Crippen LogP contribution in [0.3, 0.4) is 0 Å². The van der Waals surface area contributed by atoms with Crippen LogP contribution in [0.1, 0.15) is 25.5 Å². The molecule has 5 rings (SSSR count). The first-order valence-corrected chi connectivity index (χ1v) is 11.5. The summed E-state index contributed by atoms with van der Waals surface area (Å²) in [5, 5.41) is 0.493. The average molecular weight is 520 g/mol. The number of rotatable bonds is 3. The standard InChI is InChI=1S/C23H20BrClN2O5/c1-3-31-20(28)18-16-11-32-17-9-4-12(24)10-15(17)19(16)27-22(30)26(21(29)23(18,27)2)14-7-5-13(25)6-8-14/h4-10,16,18-19H,3,11H2,1-2H3/t16?,18?,19?,23-/m1/s1. The van der Waals surface area contributed by atoms with Gasteiger partial charge in [-0.05, 0) is 56.3 Å². The topological polar surface area (TPSA) is 76.2 Å². The van der Waals surface area contributed by atoms with Crippen molar-refractivity contribution in [1.82, 2.24) is 4.90 Å². The number of benzene rings is 2. The lowest BCUT2D eigenvalue weighted by Gasteiger charge is -2.34. The van der Waals surface area contributed by atoms with E-state index >= 15 is 0 Å². The van der Waals surface area contributed by atoms with E-state index in [0.717, 1.165) is 14.9 Å². The Morgan fingerprint density at radius 3 is 2.66 bits per heavy atom.